The highest BCUT2D eigenvalue weighted by Gasteiger charge is 2.12. The van der Waals surface area contributed by atoms with Gasteiger partial charge in [-0.1, -0.05) is 57.3 Å². The molecule has 1 heterocycles. The molecular weight excluding hydrogens is 336 g/mol. The van der Waals surface area contributed by atoms with Crippen LogP contribution in [0.25, 0.3) is 11.0 Å². The number of carbonyl (C=O) groups excluding carboxylic acids is 1. The smallest absolute Gasteiger partial charge is 0.224 e. The van der Waals surface area contributed by atoms with Crippen LogP contribution in [-0.2, 0) is 4.79 Å². The fourth-order valence-electron chi connectivity index (χ4n) is 2.68. The Morgan fingerprint density at radius 2 is 1.92 bits per heavy atom. The maximum atomic E-state index is 12.2. The summed E-state index contributed by atoms with van der Waals surface area (Å²) in [6.45, 7) is 2.18. The first-order valence-electron chi connectivity index (χ1n) is 8.69. The van der Waals surface area contributed by atoms with E-state index in [4.69, 9.17) is 22.4 Å². The van der Waals surface area contributed by atoms with Gasteiger partial charge in [0, 0.05) is 12.5 Å². The van der Waals surface area contributed by atoms with E-state index in [0.717, 1.165) is 19.3 Å². The van der Waals surface area contributed by atoms with Gasteiger partial charge in [0.1, 0.15) is 4.99 Å². The molecule has 0 atom stereocenters. The molecule has 3 N–H and O–H groups in total. The fourth-order valence-corrected chi connectivity index (χ4v) is 2.78. The van der Waals surface area contributed by atoms with Crippen molar-refractivity contribution < 1.29 is 9.21 Å². The second kappa shape index (κ2) is 9.32. The van der Waals surface area contributed by atoms with Crippen molar-refractivity contribution in [2.75, 3.05) is 5.32 Å². The quantitative estimate of drug-likeness (QED) is 0.519. The average molecular weight is 360 g/mol. The lowest BCUT2D eigenvalue weighted by molar-refractivity contribution is -0.116. The molecule has 0 aliphatic heterocycles. The second-order valence-electron chi connectivity index (χ2n) is 6.09. The molecular formula is C19H24N2O3S. The Balaban J connectivity index is 2.06. The van der Waals surface area contributed by atoms with Gasteiger partial charge in [0.2, 0.25) is 5.91 Å². The monoisotopic (exact) mass is 360 g/mol. The molecule has 6 heteroatoms. The van der Waals surface area contributed by atoms with Crippen molar-refractivity contribution in [3.63, 3.8) is 0 Å². The molecule has 1 aromatic carbocycles. The molecule has 0 aliphatic carbocycles. The predicted molar refractivity (Wildman–Crippen MR) is 105 cm³/mol. The number of benzene rings is 1. The molecule has 0 radical (unpaired) electrons. The Bertz CT molecular complexity index is 814. The highest BCUT2D eigenvalue weighted by atomic mass is 32.1. The number of nitrogens with two attached hydrogens (primary N) is 1. The third kappa shape index (κ3) is 5.39. The largest absolute Gasteiger partial charge is 0.451 e. The van der Waals surface area contributed by atoms with Crippen LogP contribution in [0.1, 0.15) is 57.6 Å². The number of thiocarbonyl (C=S) groups is 1. The van der Waals surface area contributed by atoms with Crippen LogP contribution in [0, 0.1) is 0 Å². The number of amides is 1. The number of unbranched alkanes of at least 4 members (excludes halogenated alkanes) is 5. The molecule has 134 valence electrons. The minimum absolute atomic E-state index is 0.00667. The van der Waals surface area contributed by atoms with Crippen LogP contribution in [0.15, 0.2) is 33.5 Å². The minimum atomic E-state index is -0.240. The summed E-state index contributed by atoms with van der Waals surface area (Å²) in [5, 5.41) is 3.21. The van der Waals surface area contributed by atoms with Crippen molar-refractivity contribution in [3.05, 3.63) is 40.2 Å². The van der Waals surface area contributed by atoms with Crippen molar-refractivity contribution >= 4 is 39.8 Å². The molecule has 2 rings (SSSR count). The predicted octanol–water partition coefficient (Wildman–Crippen LogP) is 4.12. The number of nitrogens with one attached hydrogen (secondary N) is 1. The molecule has 5 nitrogen and oxygen atoms in total. The first-order chi connectivity index (χ1) is 12.0. The normalized spacial score (nSPS) is 10.8. The van der Waals surface area contributed by atoms with Gasteiger partial charge in [-0.25, -0.2) is 0 Å². The maximum absolute atomic E-state index is 12.2. The second-order valence-corrected chi connectivity index (χ2v) is 6.53. The van der Waals surface area contributed by atoms with Crippen molar-refractivity contribution in [1.29, 1.82) is 0 Å². The van der Waals surface area contributed by atoms with Gasteiger partial charge in [-0.3, -0.25) is 9.59 Å². The SMILES string of the molecule is CCCCCCCCC(=O)Nc1cccc2c(=O)cc(C(N)=S)oc12. The Hall–Kier alpha value is -2.21. The summed E-state index contributed by atoms with van der Waals surface area (Å²) in [5.74, 6) is 0.0523. The highest BCUT2D eigenvalue weighted by Crippen LogP contribution is 2.22. The lowest BCUT2D eigenvalue weighted by atomic mass is 10.1. The van der Waals surface area contributed by atoms with Gasteiger partial charge in [-0.2, -0.15) is 0 Å². The van der Waals surface area contributed by atoms with Gasteiger partial charge in [0.25, 0.3) is 0 Å². The molecule has 0 bridgehead atoms. The van der Waals surface area contributed by atoms with Crippen LogP contribution in [-0.4, -0.2) is 10.9 Å². The number of carbonyl (C=O) groups is 1. The summed E-state index contributed by atoms with van der Waals surface area (Å²) in [6.07, 6.45) is 7.16. The van der Waals surface area contributed by atoms with E-state index in [1.165, 1.54) is 25.3 Å². The van der Waals surface area contributed by atoms with Crippen molar-refractivity contribution in [2.24, 2.45) is 5.73 Å². The molecule has 25 heavy (non-hydrogen) atoms. The summed E-state index contributed by atoms with van der Waals surface area (Å²) in [4.78, 5) is 24.3. The summed E-state index contributed by atoms with van der Waals surface area (Å²) in [7, 11) is 0. The first kappa shape index (κ1) is 19.1. The lowest BCUT2D eigenvalue weighted by Crippen LogP contribution is -2.15. The number of para-hydroxylation sites is 1. The molecule has 0 fully saturated rings. The lowest BCUT2D eigenvalue weighted by Gasteiger charge is -2.09. The maximum Gasteiger partial charge on any atom is 0.224 e. The van der Waals surface area contributed by atoms with Gasteiger partial charge in [-0.15, -0.1) is 0 Å². The van der Waals surface area contributed by atoms with Gasteiger partial charge >= 0.3 is 0 Å². The standard InChI is InChI=1S/C19H24N2O3S/c1-2-3-4-5-6-7-11-17(23)21-14-10-8-9-13-15(22)12-16(19(20)25)24-18(13)14/h8-10,12H,2-7,11H2,1H3,(H2,20,25)(H,21,23). The zero-order valence-corrected chi connectivity index (χ0v) is 15.3. The molecule has 1 aromatic heterocycles. The molecule has 2 aromatic rings. The number of anilines is 1. The van der Waals surface area contributed by atoms with Crippen LogP contribution in [0.4, 0.5) is 5.69 Å². The molecule has 0 saturated carbocycles. The average Bonchev–Trinajstić information content (AvgIpc) is 2.58. The molecule has 1 amide bonds. The molecule has 0 spiro atoms. The fraction of sp³-hybridized carbons (Fsp3) is 0.421. The number of hydrogen-bond acceptors (Lipinski definition) is 4. The van der Waals surface area contributed by atoms with E-state index in [1.54, 1.807) is 18.2 Å². The number of hydrogen-bond donors (Lipinski definition) is 2. The Morgan fingerprint density at radius 1 is 1.20 bits per heavy atom. The Labute approximate surface area is 152 Å². The van der Waals surface area contributed by atoms with E-state index in [2.05, 4.69) is 12.2 Å². The zero-order valence-electron chi connectivity index (χ0n) is 14.5. The summed E-state index contributed by atoms with van der Waals surface area (Å²) in [6, 6.07) is 6.33. The van der Waals surface area contributed by atoms with Crippen LogP contribution < -0.4 is 16.5 Å². The molecule has 0 aliphatic rings. The third-order valence-electron chi connectivity index (χ3n) is 4.03. The van der Waals surface area contributed by atoms with Crippen molar-refractivity contribution in [3.8, 4) is 0 Å². The minimum Gasteiger partial charge on any atom is -0.451 e. The number of rotatable bonds is 9. The van der Waals surface area contributed by atoms with Crippen LogP contribution in [0.2, 0.25) is 0 Å². The first-order valence-corrected chi connectivity index (χ1v) is 9.10. The highest BCUT2D eigenvalue weighted by molar-refractivity contribution is 7.80. The van der Waals surface area contributed by atoms with Gasteiger partial charge in [0.15, 0.2) is 16.8 Å². The van der Waals surface area contributed by atoms with Gasteiger partial charge in [0.05, 0.1) is 11.1 Å². The summed E-state index contributed by atoms with van der Waals surface area (Å²) >= 11 is 4.87. The molecule has 0 unspecified atom stereocenters. The topological polar surface area (TPSA) is 85.3 Å². The van der Waals surface area contributed by atoms with Crippen LogP contribution in [0.5, 0.6) is 0 Å². The van der Waals surface area contributed by atoms with Crippen LogP contribution in [0.3, 0.4) is 0 Å². The van der Waals surface area contributed by atoms with Crippen molar-refractivity contribution in [2.45, 2.75) is 51.9 Å². The summed E-state index contributed by atoms with van der Waals surface area (Å²) in [5.41, 5.74) is 6.07. The van der Waals surface area contributed by atoms with E-state index in [1.807, 2.05) is 0 Å². The van der Waals surface area contributed by atoms with Crippen LogP contribution >= 0.6 is 12.2 Å². The van der Waals surface area contributed by atoms with Crippen molar-refractivity contribution in [1.82, 2.24) is 0 Å². The molecule has 0 saturated heterocycles. The van der Waals surface area contributed by atoms with E-state index in [9.17, 15) is 9.59 Å². The Morgan fingerprint density at radius 3 is 2.64 bits per heavy atom. The zero-order chi connectivity index (χ0) is 18.2. The van der Waals surface area contributed by atoms with E-state index in [0.29, 0.717) is 23.1 Å². The third-order valence-corrected chi connectivity index (χ3v) is 4.23. The van der Waals surface area contributed by atoms with Gasteiger partial charge in [-0.05, 0) is 18.6 Å². The van der Waals surface area contributed by atoms with E-state index in [-0.39, 0.29) is 22.1 Å². The Kier molecular flexibility index (Phi) is 7.13. The van der Waals surface area contributed by atoms with E-state index >= 15 is 0 Å². The van der Waals surface area contributed by atoms with E-state index < -0.39 is 0 Å². The van der Waals surface area contributed by atoms with Gasteiger partial charge < -0.3 is 15.5 Å². The summed E-state index contributed by atoms with van der Waals surface area (Å²) < 4.78 is 5.63. The number of fused-ring (bicyclic) bond motifs is 1.